The molecule has 38 heavy (non-hydrogen) atoms. The minimum atomic E-state index is -0.970. The first-order chi connectivity index (χ1) is 17.8. The zero-order valence-corrected chi connectivity index (χ0v) is 24.0. The number of amides is 2. The zero-order chi connectivity index (χ0) is 28.7. The molecule has 2 amide bonds. The minimum Gasteiger partial charge on any atom is -0.460 e. The molecule has 0 heterocycles. The van der Waals surface area contributed by atoms with Gasteiger partial charge in [0.25, 0.3) is 0 Å². The molecule has 1 aromatic rings. The van der Waals surface area contributed by atoms with Crippen LogP contribution in [0.2, 0.25) is 0 Å². The highest BCUT2D eigenvalue weighted by Gasteiger charge is 2.34. The van der Waals surface area contributed by atoms with Gasteiger partial charge in [0, 0.05) is 0 Å². The monoisotopic (exact) mass is 534 g/mol. The molecule has 4 atom stereocenters. The molecule has 1 rings (SSSR count). The average Bonchev–Trinajstić information content (AvgIpc) is 2.85. The summed E-state index contributed by atoms with van der Waals surface area (Å²) in [6.07, 6.45) is 3.48. The number of hydrogen-bond acceptors (Lipinski definition) is 7. The molecule has 0 aliphatic carbocycles. The van der Waals surface area contributed by atoms with Gasteiger partial charge >= 0.3 is 18.0 Å². The van der Waals surface area contributed by atoms with Crippen molar-refractivity contribution in [3.63, 3.8) is 0 Å². The number of unbranched alkanes of at least 4 members (excludes halogenated alkanes) is 3. The molecular formula is C29H46N2O7. The fourth-order valence-electron chi connectivity index (χ4n) is 3.81. The predicted molar refractivity (Wildman–Crippen MR) is 145 cm³/mol. The second-order valence-corrected chi connectivity index (χ2v) is 10.7. The lowest BCUT2D eigenvalue weighted by Gasteiger charge is -2.30. The zero-order valence-electron chi connectivity index (χ0n) is 24.0. The molecule has 1 aromatic carbocycles. The molecular weight excluding hydrogens is 488 g/mol. The van der Waals surface area contributed by atoms with Gasteiger partial charge < -0.3 is 24.8 Å². The molecule has 0 saturated carbocycles. The predicted octanol–water partition coefficient (Wildman–Crippen LogP) is 4.91. The van der Waals surface area contributed by atoms with Crippen LogP contribution in [0, 0.1) is 11.8 Å². The summed E-state index contributed by atoms with van der Waals surface area (Å²) in [6.45, 7) is 12.2. The Morgan fingerprint density at radius 1 is 0.947 bits per heavy atom. The Morgan fingerprint density at radius 3 is 2.21 bits per heavy atom. The van der Waals surface area contributed by atoms with Crippen molar-refractivity contribution < 1.29 is 33.4 Å². The van der Waals surface area contributed by atoms with E-state index in [-0.39, 0.29) is 19.1 Å². The van der Waals surface area contributed by atoms with Crippen LogP contribution < -0.4 is 10.6 Å². The third-order valence-corrected chi connectivity index (χ3v) is 5.97. The largest absolute Gasteiger partial charge is 0.460 e. The summed E-state index contributed by atoms with van der Waals surface area (Å²) in [4.78, 5) is 50.0. The van der Waals surface area contributed by atoms with E-state index in [1.165, 1.54) is 6.92 Å². The lowest BCUT2D eigenvalue weighted by atomic mass is 9.88. The quantitative estimate of drug-likeness (QED) is 0.186. The van der Waals surface area contributed by atoms with Crippen LogP contribution in [0.3, 0.4) is 0 Å². The van der Waals surface area contributed by atoms with E-state index in [2.05, 4.69) is 17.6 Å². The molecule has 214 valence electrons. The first kappa shape index (κ1) is 32.9. The number of ether oxygens (including phenoxy) is 3. The van der Waals surface area contributed by atoms with Gasteiger partial charge in [0.05, 0.1) is 5.92 Å². The maximum Gasteiger partial charge on any atom is 0.408 e. The lowest BCUT2D eigenvalue weighted by molar-refractivity contribution is -0.159. The number of esters is 2. The molecule has 0 spiro atoms. The van der Waals surface area contributed by atoms with E-state index in [1.807, 2.05) is 37.3 Å². The number of nitrogens with one attached hydrogen (secondary N) is 2. The smallest absolute Gasteiger partial charge is 0.408 e. The minimum absolute atomic E-state index is 0.114. The second-order valence-electron chi connectivity index (χ2n) is 10.7. The Kier molecular flexibility index (Phi) is 14.5. The van der Waals surface area contributed by atoms with Crippen LogP contribution >= 0.6 is 0 Å². The number of carbonyl (C=O) groups excluding carboxylic acids is 4. The van der Waals surface area contributed by atoms with E-state index in [0.717, 1.165) is 37.7 Å². The summed E-state index contributed by atoms with van der Waals surface area (Å²) in [6, 6.07) is 8.28. The van der Waals surface area contributed by atoms with Gasteiger partial charge in [-0.25, -0.2) is 9.59 Å². The molecule has 2 N–H and O–H groups in total. The van der Waals surface area contributed by atoms with Gasteiger partial charge in [-0.2, -0.15) is 0 Å². The second kappa shape index (κ2) is 16.7. The van der Waals surface area contributed by atoms with E-state index in [1.54, 1.807) is 27.7 Å². The highest BCUT2D eigenvalue weighted by Crippen LogP contribution is 2.24. The SMILES string of the molecule is CCCCCC[C@H](C)[C@@H](OC(=O)[C@H](C)NC(=O)OC(C)(C)C)[C@@H](C)C(=O)NCC(=O)OCc1ccccc1. The summed E-state index contributed by atoms with van der Waals surface area (Å²) in [5.74, 6) is -2.49. The topological polar surface area (TPSA) is 120 Å². The van der Waals surface area contributed by atoms with Crippen molar-refractivity contribution in [1.82, 2.24) is 10.6 Å². The summed E-state index contributed by atoms with van der Waals surface area (Å²) in [7, 11) is 0. The number of alkyl carbamates (subject to hydrolysis) is 1. The fourth-order valence-corrected chi connectivity index (χ4v) is 3.81. The van der Waals surface area contributed by atoms with Crippen molar-refractivity contribution in [3.8, 4) is 0 Å². The van der Waals surface area contributed by atoms with Crippen molar-refractivity contribution >= 4 is 23.9 Å². The maximum absolute atomic E-state index is 12.9. The Labute approximate surface area is 227 Å². The van der Waals surface area contributed by atoms with Crippen LogP contribution in [0.4, 0.5) is 4.79 Å². The molecule has 0 aromatic heterocycles. The van der Waals surface area contributed by atoms with Crippen LogP contribution in [0.1, 0.15) is 86.1 Å². The van der Waals surface area contributed by atoms with E-state index in [9.17, 15) is 19.2 Å². The normalized spacial score (nSPS) is 14.4. The van der Waals surface area contributed by atoms with Gasteiger partial charge in [0.2, 0.25) is 5.91 Å². The number of hydrogen-bond donors (Lipinski definition) is 2. The summed E-state index contributed by atoms with van der Waals surface area (Å²) < 4.78 is 16.2. The number of carbonyl (C=O) groups is 4. The van der Waals surface area contributed by atoms with E-state index >= 15 is 0 Å². The number of rotatable bonds is 15. The Bertz CT molecular complexity index is 883. The van der Waals surface area contributed by atoms with Crippen molar-refractivity contribution in [2.75, 3.05) is 6.54 Å². The van der Waals surface area contributed by atoms with Gasteiger partial charge in [-0.15, -0.1) is 0 Å². The maximum atomic E-state index is 12.9. The molecule has 9 heteroatoms. The third-order valence-electron chi connectivity index (χ3n) is 5.97. The molecule has 0 unspecified atom stereocenters. The number of benzene rings is 1. The van der Waals surface area contributed by atoms with E-state index < -0.39 is 47.6 Å². The lowest BCUT2D eigenvalue weighted by Crippen LogP contribution is -2.47. The van der Waals surface area contributed by atoms with Gasteiger partial charge in [-0.3, -0.25) is 9.59 Å². The highest BCUT2D eigenvalue weighted by molar-refractivity contribution is 5.85. The van der Waals surface area contributed by atoms with E-state index in [4.69, 9.17) is 14.2 Å². The molecule has 0 aliphatic heterocycles. The van der Waals surface area contributed by atoms with Crippen LogP contribution in [0.15, 0.2) is 30.3 Å². The van der Waals surface area contributed by atoms with Crippen LogP contribution in [0.25, 0.3) is 0 Å². The molecule has 0 saturated heterocycles. The Morgan fingerprint density at radius 2 is 1.61 bits per heavy atom. The van der Waals surface area contributed by atoms with Crippen LogP contribution in [0.5, 0.6) is 0 Å². The van der Waals surface area contributed by atoms with Crippen molar-refractivity contribution in [2.45, 2.75) is 105 Å². The van der Waals surface area contributed by atoms with Crippen molar-refractivity contribution in [2.24, 2.45) is 11.8 Å². The third kappa shape index (κ3) is 13.4. The summed E-state index contributed by atoms with van der Waals surface area (Å²) in [5.41, 5.74) is 0.136. The molecule has 9 nitrogen and oxygen atoms in total. The molecule has 0 bridgehead atoms. The van der Waals surface area contributed by atoms with Crippen molar-refractivity contribution in [1.29, 1.82) is 0 Å². The Balaban J connectivity index is 2.76. The standard InChI is InChI=1S/C29H46N2O7/c1-8-9-10-12-15-20(2)25(37-27(34)22(4)31-28(35)38-29(5,6)7)21(3)26(33)30-18-24(32)36-19-23-16-13-11-14-17-23/h11,13-14,16-17,20-22,25H,8-10,12,15,18-19H2,1-7H3,(H,30,33)(H,31,35)/t20-,21+,22-,25+/m0/s1. The summed E-state index contributed by atoms with van der Waals surface area (Å²) >= 11 is 0. The van der Waals surface area contributed by atoms with Gasteiger partial charge in [-0.1, -0.05) is 76.8 Å². The van der Waals surface area contributed by atoms with Gasteiger partial charge in [-0.05, 0) is 45.6 Å². The van der Waals surface area contributed by atoms with Gasteiger partial charge in [0.15, 0.2) is 0 Å². The van der Waals surface area contributed by atoms with Gasteiger partial charge in [0.1, 0.15) is 30.9 Å². The average molecular weight is 535 g/mol. The van der Waals surface area contributed by atoms with Crippen molar-refractivity contribution in [3.05, 3.63) is 35.9 Å². The van der Waals surface area contributed by atoms with Crippen LogP contribution in [-0.2, 0) is 35.2 Å². The van der Waals surface area contributed by atoms with Crippen LogP contribution in [-0.4, -0.2) is 48.2 Å². The fraction of sp³-hybridized carbons (Fsp3) is 0.655. The first-order valence-corrected chi connectivity index (χ1v) is 13.5. The highest BCUT2D eigenvalue weighted by atomic mass is 16.6. The Hall–Kier alpha value is -3.10. The van der Waals surface area contributed by atoms with E-state index in [0.29, 0.717) is 0 Å². The summed E-state index contributed by atoms with van der Waals surface area (Å²) in [5, 5.41) is 5.07. The molecule has 0 radical (unpaired) electrons. The molecule has 0 aliphatic rings. The first-order valence-electron chi connectivity index (χ1n) is 13.5. The molecule has 0 fully saturated rings.